The molecule has 5 heteroatoms. The molecule has 0 spiro atoms. The zero-order valence-electron chi connectivity index (χ0n) is 12.1. The van der Waals surface area contributed by atoms with E-state index in [0.717, 1.165) is 36.2 Å². The van der Waals surface area contributed by atoms with E-state index < -0.39 is 0 Å². The van der Waals surface area contributed by atoms with Crippen LogP contribution in [0, 0.1) is 19.8 Å². The maximum absolute atomic E-state index is 12.2. The first-order valence-electron chi connectivity index (χ1n) is 7.01. The predicted octanol–water partition coefficient (Wildman–Crippen LogP) is 0.823. The van der Waals surface area contributed by atoms with Crippen LogP contribution in [0.25, 0.3) is 0 Å². The largest absolute Gasteiger partial charge is 0.353 e. The molecule has 0 radical (unpaired) electrons. The van der Waals surface area contributed by atoms with Crippen LogP contribution in [0.1, 0.15) is 36.2 Å². The van der Waals surface area contributed by atoms with Crippen molar-refractivity contribution in [2.45, 2.75) is 45.6 Å². The van der Waals surface area contributed by atoms with E-state index >= 15 is 0 Å². The quantitative estimate of drug-likeness (QED) is 0.845. The smallest absolute Gasteiger partial charge is 0.224 e. The summed E-state index contributed by atoms with van der Waals surface area (Å²) in [6.07, 6.45) is 3.77. The number of hydrogen-bond donors (Lipinski definition) is 2. The fourth-order valence-corrected chi connectivity index (χ4v) is 3.00. The van der Waals surface area contributed by atoms with E-state index in [1.165, 1.54) is 0 Å². The molecule has 1 aromatic rings. The summed E-state index contributed by atoms with van der Waals surface area (Å²) in [5, 5.41) is 7.48. The van der Waals surface area contributed by atoms with Gasteiger partial charge in [0.1, 0.15) is 0 Å². The summed E-state index contributed by atoms with van der Waals surface area (Å²) in [5.74, 6) is 0.532. The van der Waals surface area contributed by atoms with Crippen molar-refractivity contribution in [2.75, 3.05) is 6.54 Å². The minimum Gasteiger partial charge on any atom is -0.353 e. The maximum atomic E-state index is 12.2. The molecule has 5 nitrogen and oxygen atoms in total. The molecule has 0 bridgehead atoms. The Hall–Kier alpha value is -1.36. The lowest BCUT2D eigenvalue weighted by atomic mass is 10.0. The highest BCUT2D eigenvalue weighted by molar-refractivity contribution is 5.79. The first kappa shape index (κ1) is 14.1. The van der Waals surface area contributed by atoms with Gasteiger partial charge in [0.25, 0.3) is 0 Å². The fraction of sp³-hybridized carbons (Fsp3) is 0.714. The Morgan fingerprint density at radius 3 is 2.79 bits per heavy atom. The fourth-order valence-electron chi connectivity index (χ4n) is 3.00. The lowest BCUT2D eigenvalue weighted by Crippen LogP contribution is -2.40. The Morgan fingerprint density at radius 2 is 2.21 bits per heavy atom. The molecule has 1 heterocycles. The highest BCUT2D eigenvalue weighted by Gasteiger charge is 2.27. The van der Waals surface area contributed by atoms with E-state index in [1.807, 2.05) is 25.6 Å². The minimum absolute atomic E-state index is 0.0875. The van der Waals surface area contributed by atoms with Gasteiger partial charge >= 0.3 is 0 Å². The lowest BCUT2D eigenvalue weighted by molar-refractivity contribution is -0.121. The number of aryl methyl sites for hydroxylation is 2. The van der Waals surface area contributed by atoms with Crippen molar-refractivity contribution < 1.29 is 4.79 Å². The van der Waals surface area contributed by atoms with Crippen LogP contribution in [0.3, 0.4) is 0 Å². The third-order valence-corrected chi connectivity index (χ3v) is 4.30. The first-order valence-corrected chi connectivity index (χ1v) is 7.01. The van der Waals surface area contributed by atoms with Crippen LogP contribution in [-0.2, 0) is 18.3 Å². The molecule has 2 rings (SSSR count). The molecule has 0 aliphatic heterocycles. The van der Waals surface area contributed by atoms with Crippen molar-refractivity contribution in [1.82, 2.24) is 15.1 Å². The van der Waals surface area contributed by atoms with E-state index in [4.69, 9.17) is 5.73 Å². The van der Waals surface area contributed by atoms with Gasteiger partial charge in [0.05, 0.1) is 12.1 Å². The Balaban J connectivity index is 1.98. The molecule has 0 saturated heterocycles. The van der Waals surface area contributed by atoms with Crippen molar-refractivity contribution in [3.63, 3.8) is 0 Å². The van der Waals surface area contributed by atoms with Gasteiger partial charge in [-0.1, -0.05) is 6.42 Å². The standard InChI is InChI=1S/C14H24N4O/c1-9-12(10(2)18(3)17-9)7-14(19)16-13-6-4-5-11(13)8-15/h11,13H,4-8,15H2,1-3H3,(H,16,19). The number of rotatable bonds is 4. The van der Waals surface area contributed by atoms with Crippen molar-refractivity contribution >= 4 is 5.91 Å². The number of carbonyl (C=O) groups is 1. The summed E-state index contributed by atoms with van der Waals surface area (Å²) in [6.45, 7) is 4.62. The van der Waals surface area contributed by atoms with Crippen LogP contribution in [0.15, 0.2) is 0 Å². The van der Waals surface area contributed by atoms with Crippen molar-refractivity contribution in [3.05, 3.63) is 17.0 Å². The minimum atomic E-state index is 0.0875. The molecule has 2 unspecified atom stereocenters. The summed E-state index contributed by atoms with van der Waals surface area (Å²) in [7, 11) is 1.91. The van der Waals surface area contributed by atoms with Crippen LogP contribution >= 0.6 is 0 Å². The molecule has 19 heavy (non-hydrogen) atoms. The van der Waals surface area contributed by atoms with Gasteiger partial charge in [0.15, 0.2) is 0 Å². The average molecular weight is 264 g/mol. The maximum Gasteiger partial charge on any atom is 0.224 e. The van der Waals surface area contributed by atoms with E-state index in [0.29, 0.717) is 18.9 Å². The van der Waals surface area contributed by atoms with Crippen LogP contribution < -0.4 is 11.1 Å². The number of nitrogens with zero attached hydrogens (tertiary/aromatic N) is 2. The average Bonchev–Trinajstić information content (AvgIpc) is 2.89. The summed E-state index contributed by atoms with van der Waals surface area (Å²) < 4.78 is 1.83. The van der Waals surface area contributed by atoms with Gasteiger partial charge in [-0.3, -0.25) is 9.48 Å². The van der Waals surface area contributed by atoms with E-state index in [1.54, 1.807) is 0 Å². The molecule has 1 aliphatic rings. The topological polar surface area (TPSA) is 72.9 Å². The normalized spacial score (nSPS) is 22.7. The second-order valence-corrected chi connectivity index (χ2v) is 5.55. The van der Waals surface area contributed by atoms with Crippen molar-refractivity contribution in [2.24, 2.45) is 18.7 Å². The molecule has 1 saturated carbocycles. The SMILES string of the molecule is Cc1nn(C)c(C)c1CC(=O)NC1CCCC1CN. The zero-order chi connectivity index (χ0) is 14.0. The van der Waals surface area contributed by atoms with Gasteiger partial charge in [-0.15, -0.1) is 0 Å². The molecule has 1 amide bonds. The molecule has 106 valence electrons. The Labute approximate surface area is 114 Å². The molecule has 1 fully saturated rings. The molecule has 1 aliphatic carbocycles. The number of nitrogens with two attached hydrogens (primary N) is 1. The van der Waals surface area contributed by atoms with E-state index in [-0.39, 0.29) is 11.9 Å². The van der Waals surface area contributed by atoms with Gasteiger partial charge < -0.3 is 11.1 Å². The molecule has 0 aromatic carbocycles. The molecule has 1 aromatic heterocycles. The second-order valence-electron chi connectivity index (χ2n) is 5.55. The Morgan fingerprint density at radius 1 is 1.47 bits per heavy atom. The second kappa shape index (κ2) is 5.74. The molecule has 2 atom stereocenters. The summed E-state index contributed by atoms with van der Waals surface area (Å²) in [4.78, 5) is 12.2. The number of aromatic nitrogens is 2. The number of carbonyl (C=O) groups excluding carboxylic acids is 1. The predicted molar refractivity (Wildman–Crippen MR) is 74.7 cm³/mol. The highest BCUT2D eigenvalue weighted by atomic mass is 16.1. The lowest BCUT2D eigenvalue weighted by Gasteiger charge is -2.19. The Kier molecular flexibility index (Phi) is 4.24. The molecule has 3 N–H and O–H groups in total. The number of nitrogens with one attached hydrogen (secondary N) is 1. The highest BCUT2D eigenvalue weighted by Crippen LogP contribution is 2.24. The van der Waals surface area contributed by atoms with E-state index in [9.17, 15) is 4.79 Å². The summed E-state index contributed by atoms with van der Waals surface area (Å²) in [5.41, 5.74) is 8.79. The van der Waals surface area contributed by atoms with Gasteiger partial charge in [0, 0.05) is 24.3 Å². The first-order chi connectivity index (χ1) is 9.02. The Bertz CT molecular complexity index is 466. The van der Waals surface area contributed by atoms with Gasteiger partial charge in [-0.05, 0) is 39.2 Å². The summed E-state index contributed by atoms with van der Waals surface area (Å²) in [6, 6.07) is 0.259. The summed E-state index contributed by atoms with van der Waals surface area (Å²) >= 11 is 0. The third-order valence-electron chi connectivity index (χ3n) is 4.30. The monoisotopic (exact) mass is 264 g/mol. The van der Waals surface area contributed by atoms with Crippen molar-refractivity contribution in [1.29, 1.82) is 0 Å². The van der Waals surface area contributed by atoms with E-state index in [2.05, 4.69) is 10.4 Å². The van der Waals surface area contributed by atoms with Gasteiger partial charge in [-0.2, -0.15) is 5.10 Å². The third kappa shape index (κ3) is 2.97. The van der Waals surface area contributed by atoms with Gasteiger partial charge in [-0.25, -0.2) is 0 Å². The number of hydrogen-bond acceptors (Lipinski definition) is 3. The van der Waals surface area contributed by atoms with Crippen LogP contribution in [-0.4, -0.2) is 28.3 Å². The van der Waals surface area contributed by atoms with Crippen LogP contribution in [0.4, 0.5) is 0 Å². The molecular formula is C14H24N4O. The van der Waals surface area contributed by atoms with Crippen LogP contribution in [0.5, 0.6) is 0 Å². The van der Waals surface area contributed by atoms with Crippen molar-refractivity contribution in [3.8, 4) is 0 Å². The molecular weight excluding hydrogens is 240 g/mol. The van der Waals surface area contributed by atoms with Gasteiger partial charge in [0.2, 0.25) is 5.91 Å². The van der Waals surface area contributed by atoms with Crippen LogP contribution in [0.2, 0.25) is 0 Å². The zero-order valence-corrected chi connectivity index (χ0v) is 12.1. The number of amides is 1.